The van der Waals surface area contributed by atoms with Crippen LogP contribution in [0.1, 0.15) is 39.8 Å². The number of nitro groups is 1. The molecule has 0 amide bonds. The SMILES string of the molecule is CCOC(=O)c1ccc(-n2c(C)cc(/C=N\NS(=O)(=O)c3ccc(C)c([N+](=O)[O-])c3)c2C)cc1. The van der Waals surface area contributed by atoms with Crippen LogP contribution < -0.4 is 4.83 Å². The molecule has 3 rings (SSSR count). The van der Waals surface area contributed by atoms with E-state index in [4.69, 9.17) is 4.74 Å². The molecule has 1 heterocycles. The number of sulfonamides is 1. The predicted octanol–water partition coefficient (Wildman–Crippen LogP) is 3.80. The normalized spacial score (nSPS) is 11.5. The molecular weight excluding hydrogens is 460 g/mol. The van der Waals surface area contributed by atoms with Gasteiger partial charge in [-0.3, -0.25) is 10.1 Å². The number of aryl methyl sites for hydroxylation is 2. The first-order valence-corrected chi connectivity index (χ1v) is 11.8. The highest BCUT2D eigenvalue weighted by Crippen LogP contribution is 2.23. The summed E-state index contributed by atoms with van der Waals surface area (Å²) in [5, 5.41) is 15.0. The Balaban J connectivity index is 1.82. The third-order valence-electron chi connectivity index (χ3n) is 5.17. The summed E-state index contributed by atoms with van der Waals surface area (Å²) in [7, 11) is -4.09. The molecule has 34 heavy (non-hydrogen) atoms. The quantitative estimate of drug-likeness (QED) is 0.224. The van der Waals surface area contributed by atoms with Crippen molar-refractivity contribution in [2.75, 3.05) is 6.61 Å². The van der Waals surface area contributed by atoms with Gasteiger partial charge in [0.1, 0.15) is 0 Å². The van der Waals surface area contributed by atoms with Gasteiger partial charge in [-0.05, 0) is 64.1 Å². The fraction of sp³-hybridized carbons (Fsp3) is 0.217. The second kappa shape index (κ2) is 9.87. The van der Waals surface area contributed by atoms with E-state index in [1.165, 1.54) is 25.3 Å². The second-order valence-corrected chi connectivity index (χ2v) is 9.15. The first-order chi connectivity index (χ1) is 16.0. The van der Waals surface area contributed by atoms with Crippen LogP contribution in [0.5, 0.6) is 0 Å². The molecule has 0 atom stereocenters. The molecule has 0 fully saturated rings. The number of nitro benzene ring substituents is 1. The standard InChI is InChI=1S/C23H24N4O6S/c1-5-33-23(28)18-7-9-20(10-8-18)26-16(3)12-19(17(26)4)14-24-25-34(31,32)21-11-6-15(2)22(13-21)27(29)30/h6-14,25H,5H2,1-4H3/b24-14-. The molecule has 11 heteroatoms. The number of ether oxygens (including phenoxy) is 1. The fourth-order valence-electron chi connectivity index (χ4n) is 3.45. The number of hydrogen-bond donors (Lipinski definition) is 1. The van der Waals surface area contributed by atoms with Crippen molar-refractivity contribution in [3.05, 3.63) is 86.7 Å². The summed E-state index contributed by atoms with van der Waals surface area (Å²) in [6, 6.07) is 12.4. The number of hydrogen-bond acceptors (Lipinski definition) is 7. The van der Waals surface area contributed by atoms with E-state index in [9.17, 15) is 23.3 Å². The fourth-order valence-corrected chi connectivity index (χ4v) is 4.26. The number of nitrogens with zero attached hydrogens (tertiary/aromatic N) is 3. The minimum Gasteiger partial charge on any atom is -0.462 e. The molecule has 0 aliphatic heterocycles. The van der Waals surface area contributed by atoms with Gasteiger partial charge in [0.2, 0.25) is 0 Å². The molecule has 1 N–H and O–H groups in total. The Morgan fingerprint density at radius 1 is 1.15 bits per heavy atom. The lowest BCUT2D eigenvalue weighted by molar-refractivity contribution is -0.385. The summed E-state index contributed by atoms with van der Waals surface area (Å²) >= 11 is 0. The molecule has 0 aliphatic carbocycles. The van der Waals surface area contributed by atoms with Crippen LogP contribution in [0.4, 0.5) is 5.69 Å². The average molecular weight is 485 g/mol. The van der Waals surface area contributed by atoms with Crippen molar-refractivity contribution in [3.8, 4) is 5.69 Å². The van der Waals surface area contributed by atoms with Gasteiger partial charge in [-0.2, -0.15) is 13.5 Å². The highest BCUT2D eigenvalue weighted by molar-refractivity contribution is 7.89. The highest BCUT2D eigenvalue weighted by Gasteiger charge is 2.19. The summed E-state index contributed by atoms with van der Waals surface area (Å²) < 4.78 is 32.0. The van der Waals surface area contributed by atoms with Crippen molar-refractivity contribution in [1.82, 2.24) is 9.40 Å². The van der Waals surface area contributed by atoms with Gasteiger partial charge in [-0.15, -0.1) is 0 Å². The largest absolute Gasteiger partial charge is 0.462 e. The Hall–Kier alpha value is -3.99. The van der Waals surface area contributed by atoms with Gasteiger partial charge in [-0.1, -0.05) is 6.07 Å². The number of rotatable bonds is 8. The predicted molar refractivity (Wildman–Crippen MR) is 127 cm³/mol. The van der Waals surface area contributed by atoms with Crippen LogP contribution >= 0.6 is 0 Å². The van der Waals surface area contributed by atoms with Crippen molar-refractivity contribution >= 4 is 27.9 Å². The van der Waals surface area contributed by atoms with Crippen LogP contribution in [0.15, 0.2) is 58.5 Å². The lowest BCUT2D eigenvalue weighted by atomic mass is 10.2. The maximum Gasteiger partial charge on any atom is 0.338 e. The van der Waals surface area contributed by atoms with Crippen molar-refractivity contribution in [1.29, 1.82) is 0 Å². The Labute approximate surface area is 197 Å². The summed E-state index contributed by atoms with van der Waals surface area (Å²) in [5.74, 6) is -0.394. The van der Waals surface area contributed by atoms with Crippen molar-refractivity contribution in [2.45, 2.75) is 32.6 Å². The lowest BCUT2D eigenvalue weighted by Crippen LogP contribution is -2.18. The highest BCUT2D eigenvalue weighted by atomic mass is 32.2. The monoisotopic (exact) mass is 484 g/mol. The molecule has 0 unspecified atom stereocenters. The molecule has 0 aliphatic rings. The minimum atomic E-state index is -4.09. The van der Waals surface area contributed by atoms with Crippen LogP contribution in [0.2, 0.25) is 0 Å². The zero-order valence-corrected chi connectivity index (χ0v) is 19.9. The topological polar surface area (TPSA) is 133 Å². The van der Waals surface area contributed by atoms with Crippen molar-refractivity contribution in [3.63, 3.8) is 0 Å². The molecular formula is C23H24N4O6S. The van der Waals surface area contributed by atoms with E-state index in [1.54, 1.807) is 31.2 Å². The van der Waals surface area contributed by atoms with E-state index in [1.807, 2.05) is 24.5 Å². The zero-order chi connectivity index (χ0) is 25.0. The number of hydrazone groups is 1. The Bertz CT molecular complexity index is 1380. The molecule has 1 aromatic heterocycles. The third kappa shape index (κ3) is 5.15. The zero-order valence-electron chi connectivity index (χ0n) is 19.1. The Kier molecular flexibility index (Phi) is 7.16. The van der Waals surface area contributed by atoms with Gasteiger partial charge in [0.25, 0.3) is 15.7 Å². The number of esters is 1. The van der Waals surface area contributed by atoms with Gasteiger partial charge < -0.3 is 9.30 Å². The average Bonchev–Trinajstić information content (AvgIpc) is 3.06. The first-order valence-electron chi connectivity index (χ1n) is 10.3. The Morgan fingerprint density at radius 2 is 1.82 bits per heavy atom. The molecule has 3 aromatic rings. The van der Waals surface area contributed by atoms with E-state index in [0.29, 0.717) is 23.3 Å². The van der Waals surface area contributed by atoms with Crippen LogP contribution in [-0.4, -0.2) is 36.7 Å². The summed E-state index contributed by atoms with van der Waals surface area (Å²) in [5.41, 5.74) is 3.68. The molecule has 178 valence electrons. The lowest BCUT2D eigenvalue weighted by Gasteiger charge is -2.10. The number of benzene rings is 2. The van der Waals surface area contributed by atoms with Gasteiger partial charge >= 0.3 is 5.97 Å². The van der Waals surface area contributed by atoms with Crippen molar-refractivity contribution in [2.24, 2.45) is 5.10 Å². The Morgan fingerprint density at radius 3 is 2.44 bits per heavy atom. The van der Waals surface area contributed by atoms with E-state index < -0.39 is 20.9 Å². The van der Waals surface area contributed by atoms with E-state index in [2.05, 4.69) is 9.93 Å². The molecule has 0 bridgehead atoms. The molecule has 10 nitrogen and oxygen atoms in total. The molecule has 2 aromatic carbocycles. The van der Waals surface area contributed by atoms with E-state index in [0.717, 1.165) is 23.1 Å². The van der Waals surface area contributed by atoms with Crippen LogP contribution in [-0.2, 0) is 14.8 Å². The number of aromatic nitrogens is 1. The summed E-state index contributed by atoms with van der Waals surface area (Å²) in [6.07, 6.45) is 1.37. The summed E-state index contributed by atoms with van der Waals surface area (Å²) in [4.78, 5) is 24.2. The van der Waals surface area contributed by atoms with Crippen LogP contribution in [0, 0.1) is 30.9 Å². The maximum absolute atomic E-state index is 12.5. The molecule has 0 saturated heterocycles. The van der Waals surface area contributed by atoms with Gasteiger partial charge in [0.15, 0.2) is 0 Å². The molecule has 0 radical (unpaired) electrons. The van der Waals surface area contributed by atoms with Gasteiger partial charge in [-0.25, -0.2) is 9.63 Å². The van der Waals surface area contributed by atoms with E-state index >= 15 is 0 Å². The van der Waals surface area contributed by atoms with Crippen LogP contribution in [0.3, 0.4) is 0 Å². The molecule has 0 saturated carbocycles. The second-order valence-electron chi connectivity index (χ2n) is 7.49. The van der Waals surface area contributed by atoms with Crippen LogP contribution in [0.25, 0.3) is 5.69 Å². The molecule has 0 spiro atoms. The minimum absolute atomic E-state index is 0.255. The number of carbonyl (C=O) groups excluding carboxylic acids is 1. The van der Waals surface area contributed by atoms with E-state index in [-0.39, 0.29) is 10.6 Å². The maximum atomic E-state index is 12.5. The third-order valence-corrected chi connectivity index (χ3v) is 6.39. The van der Waals surface area contributed by atoms with Gasteiger partial charge in [0.05, 0.1) is 28.2 Å². The smallest absolute Gasteiger partial charge is 0.338 e. The van der Waals surface area contributed by atoms with Gasteiger partial charge in [0, 0.05) is 34.3 Å². The number of nitrogens with one attached hydrogen (secondary N) is 1. The summed E-state index contributed by atoms with van der Waals surface area (Å²) in [6.45, 7) is 7.31. The first kappa shape index (κ1) is 24.6. The number of carbonyl (C=O) groups is 1. The van der Waals surface area contributed by atoms with Crippen molar-refractivity contribution < 1.29 is 22.9 Å².